The summed E-state index contributed by atoms with van der Waals surface area (Å²) in [4.78, 5) is 10.4. The van der Waals surface area contributed by atoms with Crippen LogP contribution in [0.2, 0.25) is 0 Å². The Morgan fingerprint density at radius 2 is 1.93 bits per heavy atom. The van der Waals surface area contributed by atoms with Crippen molar-refractivity contribution < 1.29 is 4.92 Å². The Kier molecular flexibility index (Phi) is 5.53. The van der Waals surface area contributed by atoms with E-state index in [1.54, 1.807) is 30.1 Å². The van der Waals surface area contributed by atoms with E-state index < -0.39 is 4.92 Å². The molecule has 0 aliphatic rings. The third-order valence-corrected chi connectivity index (χ3v) is 4.01. The maximum atomic E-state index is 10.9. The van der Waals surface area contributed by atoms with Crippen molar-refractivity contribution in [1.29, 1.82) is 0 Å². The maximum absolute atomic E-state index is 10.9. The minimum Gasteiger partial charge on any atom is -0.364 e. The van der Waals surface area contributed by atoms with Crippen molar-refractivity contribution in [1.82, 2.24) is 20.5 Å². The topological polar surface area (TPSA) is 97.4 Å². The molecule has 0 aliphatic heterocycles. The predicted molar refractivity (Wildman–Crippen MR) is 108 cm³/mol. The molecule has 8 nitrogen and oxygen atoms in total. The van der Waals surface area contributed by atoms with Crippen LogP contribution in [0.5, 0.6) is 0 Å². The number of rotatable bonds is 5. The number of nitro groups is 1. The van der Waals surface area contributed by atoms with Gasteiger partial charge in [-0.15, -0.1) is 0 Å². The summed E-state index contributed by atoms with van der Waals surface area (Å²) in [6, 6.07) is 15.9. The third kappa shape index (κ3) is 4.33. The van der Waals surface area contributed by atoms with Crippen molar-refractivity contribution >= 4 is 29.2 Å². The Bertz CT molecular complexity index is 983. The SMILES string of the molecule is CNC(=S)N/N=C\c1cn(-c2ccccc2)nc1-c1ccc([N+](=O)[O-])cc1. The Labute approximate surface area is 160 Å². The number of nitrogens with one attached hydrogen (secondary N) is 2. The lowest BCUT2D eigenvalue weighted by Gasteiger charge is -2.01. The van der Waals surface area contributed by atoms with Gasteiger partial charge in [-0.2, -0.15) is 10.2 Å². The van der Waals surface area contributed by atoms with Crippen LogP contribution < -0.4 is 10.7 Å². The number of hydrogen-bond acceptors (Lipinski definition) is 5. The average Bonchev–Trinajstić information content (AvgIpc) is 3.12. The van der Waals surface area contributed by atoms with Gasteiger partial charge in [0.2, 0.25) is 0 Å². The van der Waals surface area contributed by atoms with E-state index in [2.05, 4.69) is 20.9 Å². The minimum absolute atomic E-state index is 0.0255. The van der Waals surface area contributed by atoms with Crippen molar-refractivity contribution in [3.05, 3.63) is 76.5 Å². The first-order valence-electron chi connectivity index (χ1n) is 7.99. The van der Waals surface area contributed by atoms with E-state index in [9.17, 15) is 10.1 Å². The van der Waals surface area contributed by atoms with Gasteiger partial charge in [0.05, 0.1) is 16.8 Å². The van der Waals surface area contributed by atoms with E-state index in [4.69, 9.17) is 12.2 Å². The highest BCUT2D eigenvalue weighted by Gasteiger charge is 2.13. The molecule has 0 radical (unpaired) electrons. The quantitative estimate of drug-likeness (QED) is 0.306. The number of aromatic nitrogens is 2. The van der Waals surface area contributed by atoms with Crippen LogP contribution in [0.25, 0.3) is 16.9 Å². The first-order valence-corrected chi connectivity index (χ1v) is 8.40. The number of benzene rings is 2. The molecule has 136 valence electrons. The first-order chi connectivity index (χ1) is 13.1. The van der Waals surface area contributed by atoms with Crippen LogP contribution >= 0.6 is 12.2 Å². The molecule has 0 amide bonds. The van der Waals surface area contributed by atoms with Crippen LogP contribution in [-0.4, -0.2) is 33.1 Å². The van der Waals surface area contributed by atoms with Gasteiger partial charge in [0.25, 0.3) is 5.69 Å². The fraction of sp³-hybridized carbons (Fsp3) is 0.0556. The van der Waals surface area contributed by atoms with Gasteiger partial charge < -0.3 is 5.32 Å². The van der Waals surface area contributed by atoms with Gasteiger partial charge in [-0.05, 0) is 36.5 Å². The van der Waals surface area contributed by atoms with Crippen molar-refractivity contribution in [2.24, 2.45) is 5.10 Å². The van der Waals surface area contributed by atoms with Gasteiger partial charge in [-0.3, -0.25) is 15.5 Å². The van der Waals surface area contributed by atoms with E-state index in [0.29, 0.717) is 10.8 Å². The number of hydrazone groups is 1. The highest BCUT2D eigenvalue weighted by Crippen LogP contribution is 2.25. The molecule has 0 atom stereocenters. The van der Waals surface area contributed by atoms with Crippen LogP contribution in [0.1, 0.15) is 5.56 Å². The molecule has 0 saturated heterocycles. The zero-order valence-corrected chi connectivity index (χ0v) is 15.2. The predicted octanol–water partition coefficient (Wildman–Crippen LogP) is 2.88. The molecule has 1 heterocycles. The summed E-state index contributed by atoms with van der Waals surface area (Å²) in [7, 11) is 1.70. The highest BCUT2D eigenvalue weighted by molar-refractivity contribution is 7.80. The Morgan fingerprint density at radius 1 is 1.22 bits per heavy atom. The molecule has 0 aliphatic carbocycles. The molecule has 0 bridgehead atoms. The second-order valence-electron chi connectivity index (χ2n) is 5.47. The highest BCUT2D eigenvalue weighted by atomic mass is 32.1. The van der Waals surface area contributed by atoms with Gasteiger partial charge in [0, 0.05) is 36.5 Å². The van der Waals surface area contributed by atoms with Gasteiger partial charge in [-0.25, -0.2) is 4.68 Å². The second kappa shape index (κ2) is 8.19. The van der Waals surface area contributed by atoms with Crippen molar-refractivity contribution in [3.63, 3.8) is 0 Å². The summed E-state index contributed by atoms with van der Waals surface area (Å²) < 4.78 is 1.73. The zero-order valence-electron chi connectivity index (χ0n) is 14.4. The second-order valence-corrected chi connectivity index (χ2v) is 5.87. The Hall–Kier alpha value is -3.59. The van der Waals surface area contributed by atoms with E-state index in [1.165, 1.54) is 12.1 Å². The molecule has 1 aromatic heterocycles. The van der Waals surface area contributed by atoms with Crippen LogP contribution in [0, 0.1) is 10.1 Å². The molecular formula is C18H16N6O2S. The summed E-state index contributed by atoms with van der Waals surface area (Å²) in [5, 5.41) is 22.8. The lowest BCUT2D eigenvalue weighted by Crippen LogP contribution is -2.28. The third-order valence-electron chi connectivity index (χ3n) is 3.71. The van der Waals surface area contributed by atoms with Crippen molar-refractivity contribution in [2.45, 2.75) is 0 Å². The van der Waals surface area contributed by atoms with Gasteiger partial charge in [0.1, 0.15) is 5.69 Å². The molecule has 2 N–H and O–H groups in total. The number of para-hydroxylation sites is 1. The summed E-state index contributed by atoms with van der Waals surface area (Å²) in [5.41, 5.74) is 5.74. The first kappa shape index (κ1) is 18.2. The van der Waals surface area contributed by atoms with Crippen LogP contribution in [0.4, 0.5) is 5.69 Å². The van der Waals surface area contributed by atoms with Crippen LogP contribution in [0.15, 0.2) is 65.9 Å². The average molecular weight is 380 g/mol. The minimum atomic E-state index is -0.433. The summed E-state index contributed by atoms with van der Waals surface area (Å²) in [6.45, 7) is 0. The van der Waals surface area contributed by atoms with Crippen LogP contribution in [-0.2, 0) is 0 Å². The Morgan fingerprint density at radius 3 is 2.56 bits per heavy atom. The summed E-state index contributed by atoms with van der Waals surface area (Å²) in [6.07, 6.45) is 3.44. The normalized spacial score (nSPS) is 10.7. The number of non-ortho nitro benzene ring substituents is 1. The van der Waals surface area contributed by atoms with Gasteiger partial charge in [0.15, 0.2) is 5.11 Å². The molecule has 0 fully saturated rings. The molecule has 0 spiro atoms. The Balaban J connectivity index is 2.00. The monoisotopic (exact) mass is 380 g/mol. The maximum Gasteiger partial charge on any atom is 0.269 e. The molecule has 2 aromatic carbocycles. The van der Waals surface area contributed by atoms with Gasteiger partial charge >= 0.3 is 0 Å². The zero-order chi connectivity index (χ0) is 19.2. The molecular weight excluding hydrogens is 364 g/mol. The summed E-state index contributed by atoms with van der Waals surface area (Å²) in [5.74, 6) is 0. The number of nitro benzene ring substituents is 1. The molecule has 0 saturated carbocycles. The molecule has 0 unspecified atom stereocenters. The van der Waals surface area contributed by atoms with Gasteiger partial charge in [-0.1, -0.05) is 18.2 Å². The molecule has 27 heavy (non-hydrogen) atoms. The molecule has 3 rings (SSSR count). The smallest absolute Gasteiger partial charge is 0.269 e. The van der Waals surface area contributed by atoms with E-state index in [-0.39, 0.29) is 5.69 Å². The van der Waals surface area contributed by atoms with Crippen LogP contribution in [0.3, 0.4) is 0 Å². The number of nitrogens with zero attached hydrogens (tertiary/aromatic N) is 4. The molecule has 9 heteroatoms. The fourth-order valence-electron chi connectivity index (χ4n) is 2.38. The van der Waals surface area contributed by atoms with E-state index in [0.717, 1.165) is 16.8 Å². The fourth-order valence-corrected chi connectivity index (χ4v) is 2.43. The standard InChI is InChI=1S/C18H16N6O2S/c1-19-18(27)21-20-11-14-12-23(15-5-3-2-4-6-15)22-17(14)13-7-9-16(10-8-13)24(25)26/h2-12H,1H3,(H2,19,21,27)/b20-11-. The lowest BCUT2D eigenvalue weighted by atomic mass is 10.1. The van der Waals surface area contributed by atoms with E-state index >= 15 is 0 Å². The summed E-state index contributed by atoms with van der Waals surface area (Å²) >= 11 is 5.00. The van der Waals surface area contributed by atoms with E-state index in [1.807, 2.05) is 36.5 Å². The number of thiocarbonyl (C=S) groups is 1. The molecule has 3 aromatic rings. The lowest BCUT2D eigenvalue weighted by molar-refractivity contribution is -0.384. The largest absolute Gasteiger partial charge is 0.364 e. The van der Waals surface area contributed by atoms with Crippen molar-refractivity contribution in [3.8, 4) is 16.9 Å². The number of hydrogen-bond donors (Lipinski definition) is 2. The van der Waals surface area contributed by atoms with Crippen molar-refractivity contribution in [2.75, 3.05) is 7.05 Å².